The molecule has 0 aromatic heterocycles. The molecule has 0 atom stereocenters. The number of methoxy groups -OCH3 is 1. The van der Waals surface area contributed by atoms with Gasteiger partial charge in [-0.2, -0.15) is 0 Å². The van der Waals surface area contributed by atoms with E-state index in [1.165, 1.54) is 0 Å². The maximum atomic E-state index is 11.7. The number of carbonyl (C=O) groups excluding carboxylic acids is 1. The first-order valence-corrected chi connectivity index (χ1v) is 6.38. The largest absolute Gasteiger partial charge is 0.497 e. The molecule has 0 aliphatic heterocycles. The fourth-order valence-electron chi connectivity index (χ4n) is 1.44. The molecule has 1 aromatic rings. The topological polar surface area (TPSA) is 35.5 Å². The minimum atomic E-state index is 0.174. The SMILES string of the molecule is CCOCCC(=O)Cc1cc(OC)ccc1Br. The molecule has 0 spiro atoms. The highest BCUT2D eigenvalue weighted by molar-refractivity contribution is 9.10. The van der Waals surface area contributed by atoms with Gasteiger partial charge in [0.1, 0.15) is 11.5 Å². The van der Waals surface area contributed by atoms with E-state index in [1.807, 2.05) is 25.1 Å². The van der Waals surface area contributed by atoms with Gasteiger partial charge in [-0.25, -0.2) is 0 Å². The molecular weight excluding hydrogens is 284 g/mol. The summed E-state index contributed by atoms with van der Waals surface area (Å²) in [5, 5.41) is 0. The number of carbonyl (C=O) groups is 1. The standard InChI is InChI=1S/C13H17BrO3/c1-3-17-7-6-11(15)8-10-9-12(16-2)4-5-13(10)14/h4-5,9H,3,6-8H2,1-2H3. The minimum absolute atomic E-state index is 0.174. The summed E-state index contributed by atoms with van der Waals surface area (Å²) in [6, 6.07) is 5.63. The zero-order valence-electron chi connectivity index (χ0n) is 10.2. The summed E-state index contributed by atoms with van der Waals surface area (Å²) in [5.74, 6) is 0.938. The number of rotatable bonds is 7. The second kappa shape index (κ2) is 7.45. The van der Waals surface area contributed by atoms with Crippen molar-refractivity contribution < 1.29 is 14.3 Å². The molecule has 3 nitrogen and oxygen atoms in total. The molecule has 1 aromatic carbocycles. The number of benzene rings is 1. The molecule has 0 fully saturated rings. The summed E-state index contributed by atoms with van der Waals surface area (Å²) in [5.41, 5.74) is 0.950. The predicted molar refractivity (Wildman–Crippen MR) is 70.5 cm³/mol. The average Bonchev–Trinajstić information content (AvgIpc) is 2.32. The van der Waals surface area contributed by atoms with Gasteiger partial charge in [0.05, 0.1) is 13.7 Å². The number of hydrogen-bond donors (Lipinski definition) is 0. The fourth-order valence-corrected chi connectivity index (χ4v) is 1.83. The molecule has 0 saturated heterocycles. The molecule has 0 heterocycles. The third kappa shape index (κ3) is 4.88. The molecule has 0 aliphatic carbocycles. The lowest BCUT2D eigenvalue weighted by atomic mass is 10.1. The lowest BCUT2D eigenvalue weighted by molar-refractivity contribution is -0.119. The van der Waals surface area contributed by atoms with Crippen molar-refractivity contribution in [2.75, 3.05) is 20.3 Å². The number of Topliss-reactive ketones (excluding diaryl/α,β-unsaturated/α-hetero) is 1. The van der Waals surface area contributed by atoms with Crippen molar-refractivity contribution in [1.29, 1.82) is 0 Å². The second-order valence-corrected chi connectivity index (χ2v) is 4.47. The molecule has 0 aliphatic rings. The van der Waals surface area contributed by atoms with Crippen LogP contribution in [0.4, 0.5) is 0 Å². The minimum Gasteiger partial charge on any atom is -0.497 e. The summed E-state index contributed by atoms with van der Waals surface area (Å²) in [4.78, 5) is 11.7. The van der Waals surface area contributed by atoms with E-state index in [1.54, 1.807) is 7.11 Å². The van der Waals surface area contributed by atoms with Crippen LogP contribution in [0.25, 0.3) is 0 Å². The Balaban J connectivity index is 2.57. The highest BCUT2D eigenvalue weighted by Crippen LogP contribution is 2.23. The number of hydrogen-bond acceptors (Lipinski definition) is 3. The van der Waals surface area contributed by atoms with Gasteiger partial charge in [0.25, 0.3) is 0 Å². The van der Waals surface area contributed by atoms with E-state index < -0.39 is 0 Å². The first kappa shape index (κ1) is 14.2. The molecule has 0 amide bonds. The van der Waals surface area contributed by atoms with E-state index in [4.69, 9.17) is 9.47 Å². The molecule has 0 radical (unpaired) electrons. The van der Waals surface area contributed by atoms with Gasteiger partial charge in [-0.3, -0.25) is 4.79 Å². The zero-order chi connectivity index (χ0) is 12.7. The van der Waals surface area contributed by atoms with Gasteiger partial charge in [-0.15, -0.1) is 0 Å². The van der Waals surface area contributed by atoms with Gasteiger partial charge in [0, 0.05) is 23.9 Å². The van der Waals surface area contributed by atoms with Crippen LogP contribution in [0.3, 0.4) is 0 Å². The Hall–Kier alpha value is -0.870. The quantitative estimate of drug-likeness (QED) is 0.726. The van der Waals surface area contributed by atoms with Gasteiger partial charge >= 0.3 is 0 Å². The molecule has 0 unspecified atom stereocenters. The lowest BCUT2D eigenvalue weighted by Gasteiger charge is -2.07. The number of ketones is 1. The molecule has 0 N–H and O–H groups in total. The maximum Gasteiger partial charge on any atom is 0.139 e. The lowest BCUT2D eigenvalue weighted by Crippen LogP contribution is -2.07. The van der Waals surface area contributed by atoms with E-state index in [2.05, 4.69) is 15.9 Å². The number of ether oxygens (including phenoxy) is 2. The Morgan fingerprint density at radius 3 is 2.82 bits per heavy atom. The van der Waals surface area contributed by atoms with Gasteiger partial charge in [-0.1, -0.05) is 15.9 Å². The van der Waals surface area contributed by atoms with E-state index in [-0.39, 0.29) is 5.78 Å². The highest BCUT2D eigenvalue weighted by Gasteiger charge is 2.08. The van der Waals surface area contributed by atoms with Crippen LogP contribution in [-0.2, 0) is 16.0 Å². The van der Waals surface area contributed by atoms with E-state index in [9.17, 15) is 4.79 Å². The van der Waals surface area contributed by atoms with Gasteiger partial charge < -0.3 is 9.47 Å². The van der Waals surface area contributed by atoms with Gasteiger partial charge in [-0.05, 0) is 30.7 Å². The second-order valence-electron chi connectivity index (χ2n) is 3.62. The van der Waals surface area contributed by atoms with Crippen molar-refractivity contribution in [1.82, 2.24) is 0 Å². The van der Waals surface area contributed by atoms with Crippen molar-refractivity contribution in [3.8, 4) is 5.75 Å². The highest BCUT2D eigenvalue weighted by atomic mass is 79.9. The van der Waals surface area contributed by atoms with Crippen LogP contribution in [0.1, 0.15) is 18.9 Å². The molecule has 1 rings (SSSR count). The summed E-state index contributed by atoms with van der Waals surface area (Å²) < 4.78 is 11.2. The zero-order valence-corrected chi connectivity index (χ0v) is 11.7. The molecule has 0 bridgehead atoms. The Morgan fingerprint density at radius 2 is 2.18 bits per heavy atom. The Labute approximate surface area is 110 Å². The molecular formula is C13H17BrO3. The van der Waals surface area contributed by atoms with Crippen LogP contribution in [-0.4, -0.2) is 26.1 Å². The van der Waals surface area contributed by atoms with Crippen LogP contribution in [0.15, 0.2) is 22.7 Å². The van der Waals surface area contributed by atoms with Gasteiger partial charge in [0.2, 0.25) is 0 Å². The molecule has 17 heavy (non-hydrogen) atoms. The smallest absolute Gasteiger partial charge is 0.139 e. The van der Waals surface area contributed by atoms with Crippen LogP contribution in [0.5, 0.6) is 5.75 Å². The monoisotopic (exact) mass is 300 g/mol. The van der Waals surface area contributed by atoms with Crippen molar-refractivity contribution in [3.05, 3.63) is 28.2 Å². The van der Waals surface area contributed by atoms with E-state index in [0.717, 1.165) is 15.8 Å². The Bertz CT molecular complexity index is 377. The third-order valence-electron chi connectivity index (χ3n) is 2.37. The first-order chi connectivity index (χ1) is 8.17. The van der Waals surface area contributed by atoms with Gasteiger partial charge in [0.15, 0.2) is 0 Å². The van der Waals surface area contributed by atoms with Crippen LogP contribution in [0.2, 0.25) is 0 Å². The summed E-state index contributed by atoms with van der Waals surface area (Å²) >= 11 is 3.43. The normalized spacial score (nSPS) is 10.3. The summed E-state index contributed by atoms with van der Waals surface area (Å²) in [6.45, 7) is 3.07. The Morgan fingerprint density at radius 1 is 1.41 bits per heavy atom. The van der Waals surface area contributed by atoms with Crippen LogP contribution in [0, 0.1) is 0 Å². The van der Waals surface area contributed by atoms with Crippen molar-refractivity contribution in [2.24, 2.45) is 0 Å². The van der Waals surface area contributed by atoms with Crippen LogP contribution >= 0.6 is 15.9 Å². The summed E-state index contributed by atoms with van der Waals surface area (Å²) in [6.07, 6.45) is 0.863. The van der Waals surface area contributed by atoms with Crippen molar-refractivity contribution in [3.63, 3.8) is 0 Å². The molecule has 4 heteroatoms. The first-order valence-electron chi connectivity index (χ1n) is 5.59. The predicted octanol–water partition coefficient (Wildman–Crippen LogP) is 3.00. The van der Waals surface area contributed by atoms with Crippen molar-refractivity contribution >= 4 is 21.7 Å². The van der Waals surface area contributed by atoms with Crippen LogP contribution < -0.4 is 4.74 Å². The third-order valence-corrected chi connectivity index (χ3v) is 3.14. The fraction of sp³-hybridized carbons (Fsp3) is 0.462. The maximum absolute atomic E-state index is 11.7. The molecule has 0 saturated carbocycles. The average molecular weight is 301 g/mol. The van der Waals surface area contributed by atoms with Crippen molar-refractivity contribution in [2.45, 2.75) is 19.8 Å². The molecule has 94 valence electrons. The van der Waals surface area contributed by atoms with E-state index >= 15 is 0 Å². The van der Waals surface area contributed by atoms with E-state index in [0.29, 0.717) is 26.1 Å². The summed E-state index contributed by atoms with van der Waals surface area (Å²) in [7, 11) is 1.62. The number of halogens is 1. The Kier molecular flexibility index (Phi) is 6.22.